The second kappa shape index (κ2) is 7.29. The predicted octanol–water partition coefficient (Wildman–Crippen LogP) is 1.91. The smallest absolute Gasteiger partial charge is 0.261 e. The number of hydrogen-bond acceptors (Lipinski definition) is 5. The maximum atomic E-state index is 12.5. The van der Waals surface area contributed by atoms with Gasteiger partial charge >= 0.3 is 0 Å². The summed E-state index contributed by atoms with van der Waals surface area (Å²) in [5, 5.41) is 0. The lowest BCUT2D eigenvalue weighted by Gasteiger charge is -2.18. The van der Waals surface area contributed by atoms with Crippen LogP contribution in [0.4, 0.5) is 5.69 Å². The molecule has 1 N–H and O–H groups in total. The van der Waals surface area contributed by atoms with Gasteiger partial charge in [-0.2, -0.15) is 4.31 Å². The molecule has 0 unspecified atom stereocenters. The maximum absolute atomic E-state index is 12.5. The van der Waals surface area contributed by atoms with E-state index in [2.05, 4.69) is 9.71 Å². The number of pyridine rings is 1. The lowest BCUT2D eigenvalue weighted by atomic mass is 10.4. The minimum absolute atomic E-state index is 0.0520. The molecular weight excluding hydrogens is 350 g/mol. The van der Waals surface area contributed by atoms with E-state index in [1.807, 2.05) is 0 Å². The number of aromatic nitrogens is 1. The molecule has 1 aromatic carbocycles. The fourth-order valence-electron chi connectivity index (χ4n) is 2.15. The quantitative estimate of drug-likeness (QED) is 0.804. The Kier molecular flexibility index (Phi) is 5.58. The van der Waals surface area contributed by atoms with Crippen LogP contribution in [0.25, 0.3) is 0 Å². The van der Waals surface area contributed by atoms with Crippen LogP contribution < -0.4 is 4.72 Å². The molecular formula is C15H19N3O4S2. The van der Waals surface area contributed by atoms with Crippen molar-refractivity contribution in [2.75, 3.05) is 17.8 Å². The molecule has 0 atom stereocenters. The first-order valence-corrected chi connectivity index (χ1v) is 10.3. The van der Waals surface area contributed by atoms with Gasteiger partial charge in [-0.25, -0.2) is 16.8 Å². The van der Waals surface area contributed by atoms with Crippen LogP contribution in [0, 0.1) is 0 Å². The second-order valence-corrected chi connectivity index (χ2v) is 8.53. The standard InChI is InChI=1S/C15H19N3O4S2/c1-3-18(4-2)24(21,22)15-7-5-6-14(12-15)23(19,20)17-13-8-10-16-11-9-13/h5-12H,3-4H2,1-2H3,(H,16,17). The molecule has 9 heteroatoms. The summed E-state index contributed by atoms with van der Waals surface area (Å²) in [6, 6.07) is 8.33. The normalized spacial score (nSPS) is 12.3. The largest absolute Gasteiger partial charge is 0.280 e. The molecule has 24 heavy (non-hydrogen) atoms. The Hall–Kier alpha value is -1.97. The SMILES string of the molecule is CCN(CC)S(=O)(=O)c1cccc(S(=O)(=O)Nc2ccncc2)c1. The van der Waals surface area contributed by atoms with Crippen LogP contribution in [0.3, 0.4) is 0 Å². The van der Waals surface area contributed by atoms with Gasteiger partial charge in [-0.15, -0.1) is 0 Å². The van der Waals surface area contributed by atoms with Crippen LogP contribution in [0.5, 0.6) is 0 Å². The Bertz CT molecular complexity index is 893. The molecule has 0 amide bonds. The van der Waals surface area contributed by atoms with Gasteiger partial charge in [0.1, 0.15) is 0 Å². The zero-order valence-electron chi connectivity index (χ0n) is 13.4. The molecule has 1 aromatic heterocycles. The van der Waals surface area contributed by atoms with Gasteiger partial charge in [-0.3, -0.25) is 9.71 Å². The lowest BCUT2D eigenvalue weighted by molar-refractivity contribution is 0.445. The van der Waals surface area contributed by atoms with E-state index in [9.17, 15) is 16.8 Å². The van der Waals surface area contributed by atoms with Crippen molar-refractivity contribution in [3.05, 3.63) is 48.8 Å². The van der Waals surface area contributed by atoms with Crippen molar-refractivity contribution in [2.24, 2.45) is 0 Å². The first kappa shape index (κ1) is 18.4. The number of nitrogens with zero attached hydrogens (tertiary/aromatic N) is 2. The Morgan fingerprint density at radius 2 is 1.54 bits per heavy atom. The average Bonchev–Trinajstić information content (AvgIpc) is 2.56. The van der Waals surface area contributed by atoms with Crippen LogP contribution in [0.1, 0.15) is 13.8 Å². The van der Waals surface area contributed by atoms with E-state index in [1.54, 1.807) is 13.8 Å². The summed E-state index contributed by atoms with van der Waals surface area (Å²) in [4.78, 5) is 3.64. The third-order valence-corrected chi connectivity index (χ3v) is 6.82. The summed E-state index contributed by atoms with van der Waals surface area (Å²) in [6.07, 6.45) is 2.91. The molecule has 0 radical (unpaired) electrons. The van der Waals surface area contributed by atoms with Crippen LogP contribution in [-0.2, 0) is 20.0 Å². The Balaban J connectivity index is 2.40. The van der Waals surface area contributed by atoms with Gasteiger partial charge in [0.05, 0.1) is 15.5 Å². The van der Waals surface area contributed by atoms with Gasteiger partial charge in [0.15, 0.2) is 0 Å². The van der Waals surface area contributed by atoms with E-state index in [0.717, 1.165) is 6.07 Å². The zero-order valence-corrected chi connectivity index (χ0v) is 15.0. The predicted molar refractivity (Wildman–Crippen MR) is 91.6 cm³/mol. The summed E-state index contributed by atoms with van der Waals surface area (Å²) < 4.78 is 53.6. The highest BCUT2D eigenvalue weighted by Gasteiger charge is 2.24. The van der Waals surface area contributed by atoms with Crippen molar-refractivity contribution in [1.82, 2.24) is 9.29 Å². The molecule has 0 bridgehead atoms. The van der Waals surface area contributed by atoms with E-state index < -0.39 is 20.0 Å². The molecule has 0 spiro atoms. The highest BCUT2D eigenvalue weighted by Crippen LogP contribution is 2.21. The summed E-state index contributed by atoms with van der Waals surface area (Å²) in [5.41, 5.74) is 0.349. The fraction of sp³-hybridized carbons (Fsp3) is 0.267. The number of sulfonamides is 2. The van der Waals surface area contributed by atoms with Gasteiger partial charge in [0.2, 0.25) is 10.0 Å². The maximum Gasteiger partial charge on any atom is 0.261 e. The highest BCUT2D eigenvalue weighted by molar-refractivity contribution is 7.93. The topological polar surface area (TPSA) is 96.4 Å². The van der Waals surface area contributed by atoms with Crippen LogP contribution in [0.2, 0.25) is 0 Å². The molecule has 0 aliphatic rings. The Morgan fingerprint density at radius 1 is 0.958 bits per heavy atom. The van der Waals surface area contributed by atoms with Gasteiger partial charge in [-0.05, 0) is 30.3 Å². The van der Waals surface area contributed by atoms with Gasteiger partial charge in [0.25, 0.3) is 10.0 Å². The fourth-order valence-corrected chi connectivity index (χ4v) is 4.83. The van der Waals surface area contributed by atoms with E-state index in [0.29, 0.717) is 18.8 Å². The first-order chi connectivity index (χ1) is 11.3. The molecule has 130 valence electrons. The van der Waals surface area contributed by atoms with E-state index in [-0.39, 0.29) is 9.79 Å². The van der Waals surface area contributed by atoms with Crippen LogP contribution in [-0.4, -0.2) is 39.2 Å². The van der Waals surface area contributed by atoms with Crippen molar-refractivity contribution in [2.45, 2.75) is 23.6 Å². The minimum Gasteiger partial charge on any atom is -0.280 e. The van der Waals surface area contributed by atoms with Crippen molar-refractivity contribution in [3.63, 3.8) is 0 Å². The average molecular weight is 369 g/mol. The number of nitrogens with one attached hydrogen (secondary N) is 1. The number of rotatable bonds is 7. The van der Waals surface area contributed by atoms with Crippen molar-refractivity contribution < 1.29 is 16.8 Å². The molecule has 7 nitrogen and oxygen atoms in total. The Morgan fingerprint density at radius 3 is 2.12 bits per heavy atom. The van der Waals surface area contributed by atoms with Crippen LogP contribution in [0.15, 0.2) is 58.6 Å². The molecule has 0 fully saturated rings. The molecule has 0 aliphatic heterocycles. The number of anilines is 1. The summed E-state index contributed by atoms with van der Waals surface area (Å²) >= 11 is 0. The third kappa shape index (κ3) is 3.92. The van der Waals surface area contributed by atoms with Crippen molar-refractivity contribution in [1.29, 1.82) is 0 Å². The monoisotopic (exact) mass is 369 g/mol. The molecule has 2 aromatic rings. The van der Waals surface area contributed by atoms with Gasteiger partial charge < -0.3 is 0 Å². The Labute approximate surface area is 142 Å². The summed E-state index contributed by atoms with van der Waals surface area (Å²) in [5.74, 6) is 0. The van der Waals surface area contributed by atoms with E-state index in [1.165, 1.54) is 47.0 Å². The van der Waals surface area contributed by atoms with E-state index >= 15 is 0 Å². The minimum atomic E-state index is -3.90. The third-order valence-electron chi connectivity index (χ3n) is 3.39. The van der Waals surface area contributed by atoms with Crippen LogP contribution >= 0.6 is 0 Å². The molecule has 0 saturated carbocycles. The summed E-state index contributed by atoms with van der Waals surface area (Å²) in [7, 11) is -7.62. The lowest BCUT2D eigenvalue weighted by Crippen LogP contribution is -2.30. The number of hydrogen-bond donors (Lipinski definition) is 1. The molecule has 0 aliphatic carbocycles. The highest BCUT2D eigenvalue weighted by atomic mass is 32.2. The zero-order chi connectivity index (χ0) is 17.8. The van der Waals surface area contributed by atoms with E-state index in [4.69, 9.17) is 0 Å². The molecule has 0 saturated heterocycles. The van der Waals surface area contributed by atoms with Gasteiger partial charge in [-0.1, -0.05) is 19.9 Å². The van der Waals surface area contributed by atoms with Crippen molar-refractivity contribution in [3.8, 4) is 0 Å². The summed E-state index contributed by atoms with van der Waals surface area (Å²) in [6.45, 7) is 4.08. The first-order valence-electron chi connectivity index (χ1n) is 7.34. The van der Waals surface area contributed by atoms with Gasteiger partial charge in [0, 0.05) is 25.5 Å². The number of benzene rings is 1. The van der Waals surface area contributed by atoms with Crippen molar-refractivity contribution >= 4 is 25.7 Å². The second-order valence-electron chi connectivity index (χ2n) is 4.91. The molecule has 1 heterocycles. The molecule has 2 rings (SSSR count).